The molecule has 4 heteroatoms. The van der Waals surface area contributed by atoms with Crippen LogP contribution in [-0.4, -0.2) is 18.8 Å². The molecule has 2 nitrogen and oxygen atoms in total. The number of hydrogen-bond donors (Lipinski definition) is 1. The van der Waals surface area contributed by atoms with E-state index in [1.54, 1.807) is 22.7 Å². The molecule has 2 aromatic heterocycles. The van der Waals surface area contributed by atoms with Gasteiger partial charge >= 0.3 is 0 Å². The van der Waals surface area contributed by atoms with Crippen LogP contribution in [0.2, 0.25) is 0 Å². The Labute approximate surface area is 124 Å². The Morgan fingerprint density at radius 1 is 1.11 bits per heavy atom. The molecule has 19 heavy (non-hydrogen) atoms. The molecule has 0 aliphatic rings. The molecule has 0 saturated carbocycles. The van der Waals surface area contributed by atoms with Crippen molar-refractivity contribution in [3.63, 3.8) is 0 Å². The van der Waals surface area contributed by atoms with E-state index < -0.39 is 0 Å². The van der Waals surface area contributed by atoms with E-state index >= 15 is 0 Å². The van der Waals surface area contributed by atoms with E-state index in [-0.39, 0.29) is 0 Å². The standard InChI is InChI=1S/C8H11NS.C7H11NS/c1-7(9-2)6-8-4-3-5-10-8;1-6(8)5-7-3-2-4-9-7/h3-5,7H,2,6H2,1H3;2-4,6H,5,8H2,1H3. The zero-order chi connectivity index (χ0) is 14.1. The van der Waals surface area contributed by atoms with Gasteiger partial charge in [-0.3, -0.25) is 4.99 Å². The maximum absolute atomic E-state index is 5.59. The van der Waals surface area contributed by atoms with E-state index in [9.17, 15) is 0 Å². The van der Waals surface area contributed by atoms with Gasteiger partial charge in [0.2, 0.25) is 0 Å². The Morgan fingerprint density at radius 3 is 2.00 bits per heavy atom. The fourth-order valence-electron chi connectivity index (χ4n) is 1.53. The van der Waals surface area contributed by atoms with Crippen LogP contribution >= 0.6 is 22.7 Å². The van der Waals surface area contributed by atoms with Crippen LogP contribution < -0.4 is 5.73 Å². The molecule has 2 atom stereocenters. The lowest BCUT2D eigenvalue weighted by atomic mass is 10.2. The zero-order valence-electron chi connectivity index (χ0n) is 11.6. The average molecular weight is 294 g/mol. The first-order chi connectivity index (χ1) is 9.11. The second-order valence-electron chi connectivity index (χ2n) is 4.58. The minimum Gasteiger partial charge on any atom is -0.328 e. The van der Waals surface area contributed by atoms with Gasteiger partial charge in [-0.15, -0.1) is 22.7 Å². The van der Waals surface area contributed by atoms with Gasteiger partial charge in [0, 0.05) is 22.2 Å². The summed E-state index contributed by atoms with van der Waals surface area (Å²) < 4.78 is 0. The van der Waals surface area contributed by atoms with Crippen molar-refractivity contribution in [3.8, 4) is 0 Å². The average Bonchev–Trinajstić information content (AvgIpc) is 3.02. The highest BCUT2D eigenvalue weighted by molar-refractivity contribution is 7.10. The molecule has 2 heterocycles. The molecule has 0 fully saturated rings. The van der Waals surface area contributed by atoms with Crippen LogP contribution in [0.1, 0.15) is 23.6 Å². The monoisotopic (exact) mass is 294 g/mol. The van der Waals surface area contributed by atoms with Crippen molar-refractivity contribution in [1.82, 2.24) is 0 Å². The van der Waals surface area contributed by atoms with Gasteiger partial charge in [0.15, 0.2) is 0 Å². The Hall–Kier alpha value is -0.970. The summed E-state index contributed by atoms with van der Waals surface area (Å²) in [6.07, 6.45) is 2.04. The van der Waals surface area contributed by atoms with E-state index in [1.807, 2.05) is 6.92 Å². The van der Waals surface area contributed by atoms with E-state index in [4.69, 9.17) is 5.73 Å². The van der Waals surface area contributed by atoms with Crippen molar-refractivity contribution in [2.75, 3.05) is 0 Å². The largest absolute Gasteiger partial charge is 0.328 e. The normalized spacial score (nSPS) is 13.2. The quantitative estimate of drug-likeness (QED) is 0.831. The first-order valence-electron chi connectivity index (χ1n) is 6.38. The molecule has 2 rings (SSSR count). The lowest BCUT2D eigenvalue weighted by Crippen LogP contribution is -2.16. The lowest BCUT2D eigenvalue weighted by Gasteiger charge is -2.00. The van der Waals surface area contributed by atoms with Gasteiger partial charge < -0.3 is 5.73 Å². The Bertz CT molecular complexity index is 433. The topological polar surface area (TPSA) is 38.4 Å². The molecule has 0 spiro atoms. The predicted octanol–water partition coefficient (Wildman–Crippen LogP) is 4.02. The number of aliphatic imine (C=N–C) groups is 1. The molecular formula is C15H22N2S2. The summed E-state index contributed by atoms with van der Waals surface area (Å²) in [4.78, 5) is 6.69. The minimum atomic E-state index is 0.295. The molecule has 2 aromatic rings. The Morgan fingerprint density at radius 2 is 1.63 bits per heavy atom. The van der Waals surface area contributed by atoms with E-state index in [0.29, 0.717) is 12.1 Å². The van der Waals surface area contributed by atoms with Crippen LogP contribution in [0.15, 0.2) is 40.0 Å². The molecule has 0 aliphatic heterocycles. The van der Waals surface area contributed by atoms with Gasteiger partial charge in [-0.25, -0.2) is 0 Å². The van der Waals surface area contributed by atoms with Gasteiger partial charge in [0.25, 0.3) is 0 Å². The number of hydrogen-bond acceptors (Lipinski definition) is 4. The third kappa shape index (κ3) is 7.25. The molecule has 0 aliphatic carbocycles. The molecule has 0 aromatic carbocycles. The number of rotatable bonds is 5. The number of thiophene rings is 2. The molecule has 0 radical (unpaired) electrons. The summed E-state index contributed by atoms with van der Waals surface area (Å²) in [6.45, 7) is 7.60. The molecule has 2 unspecified atom stereocenters. The van der Waals surface area contributed by atoms with Crippen LogP contribution in [0, 0.1) is 0 Å². The smallest absolute Gasteiger partial charge is 0.0512 e. The molecule has 0 amide bonds. The van der Waals surface area contributed by atoms with Crippen molar-refractivity contribution < 1.29 is 0 Å². The fraction of sp³-hybridized carbons (Fsp3) is 0.400. The summed E-state index contributed by atoms with van der Waals surface area (Å²) in [5, 5.41) is 4.17. The van der Waals surface area contributed by atoms with Crippen LogP contribution in [-0.2, 0) is 12.8 Å². The molecule has 0 bridgehead atoms. The third-order valence-corrected chi connectivity index (χ3v) is 4.29. The van der Waals surface area contributed by atoms with Crippen molar-refractivity contribution in [3.05, 3.63) is 44.8 Å². The number of nitrogens with two attached hydrogens (primary N) is 1. The highest BCUT2D eigenvalue weighted by atomic mass is 32.1. The summed E-state index contributed by atoms with van der Waals surface area (Å²) >= 11 is 3.55. The van der Waals surface area contributed by atoms with Crippen LogP contribution in [0.4, 0.5) is 0 Å². The van der Waals surface area contributed by atoms with Gasteiger partial charge in [0.1, 0.15) is 0 Å². The summed E-state index contributed by atoms with van der Waals surface area (Å²) in [6, 6.07) is 9.03. The summed E-state index contributed by atoms with van der Waals surface area (Å²) in [5.41, 5.74) is 5.59. The zero-order valence-corrected chi connectivity index (χ0v) is 13.2. The molecular weight excluding hydrogens is 272 g/mol. The van der Waals surface area contributed by atoms with Crippen molar-refractivity contribution in [1.29, 1.82) is 0 Å². The maximum atomic E-state index is 5.59. The van der Waals surface area contributed by atoms with Gasteiger partial charge in [-0.2, -0.15) is 0 Å². The number of nitrogens with zero attached hydrogens (tertiary/aromatic N) is 1. The van der Waals surface area contributed by atoms with Crippen LogP contribution in [0.5, 0.6) is 0 Å². The first-order valence-corrected chi connectivity index (χ1v) is 8.14. The van der Waals surface area contributed by atoms with E-state index in [1.165, 1.54) is 9.75 Å². The molecule has 104 valence electrons. The van der Waals surface area contributed by atoms with Crippen LogP contribution in [0.25, 0.3) is 0 Å². The second-order valence-corrected chi connectivity index (χ2v) is 6.64. The SMILES string of the molecule is C=NC(C)Cc1cccs1.CC(N)Cc1cccs1. The maximum Gasteiger partial charge on any atom is 0.0512 e. The second kappa shape index (κ2) is 9.02. The first kappa shape index (κ1) is 16.1. The Balaban J connectivity index is 0.000000191. The van der Waals surface area contributed by atoms with Crippen molar-refractivity contribution in [2.24, 2.45) is 10.7 Å². The van der Waals surface area contributed by atoms with Crippen molar-refractivity contribution >= 4 is 29.4 Å². The fourth-order valence-corrected chi connectivity index (χ4v) is 3.21. The van der Waals surface area contributed by atoms with Crippen molar-refractivity contribution in [2.45, 2.75) is 38.8 Å². The highest BCUT2D eigenvalue weighted by Crippen LogP contribution is 2.11. The Kier molecular flexibility index (Phi) is 7.63. The predicted molar refractivity (Wildman–Crippen MR) is 88.7 cm³/mol. The van der Waals surface area contributed by atoms with E-state index in [2.05, 4.69) is 53.7 Å². The van der Waals surface area contributed by atoms with Gasteiger partial charge in [-0.1, -0.05) is 12.1 Å². The lowest BCUT2D eigenvalue weighted by molar-refractivity contribution is 0.746. The van der Waals surface area contributed by atoms with Crippen LogP contribution in [0.3, 0.4) is 0 Å². The van der Waals surface area contributed by atoms with Gasteiger partial charge in [0.05, 0.1) is 6.04 Å². The molecule has 2 N–H and O–H groups in total. The van der Waals surface area contributed by atoms with E-state index in [0.717, 1.165) is 12.8 Å². The summed E-state index contributed by atoms with van der Waals surface area (Å²) in [5.74, 6) is 0. The molecule has 0 saturated heterocycles. The highest BCUT2D eigenvalue weighted by Gasteiger charge is 1.99. The minimum absolute atomic E-state index is 0.295. The summed E-state index contributed by atoms with van der Waals surface area (Å²) in [7, 11) is 0. The third-order valence-electron chi connectivity index (χ3n) is 2.49. The van der Waals surface area contributed by atoms with Gasteiger partial charge in [-0.05, 0) is 49.9 Å².